The molecule has 1 N–H and O–H groups in total. The third-order valence-corrected chi connectivity index (χ3v) is 13.9. The van der Waals surface area contributed by atoms with E-state index in [1.807, 2.05) is 12.4 Å². The van der Waals surface area contributed by atoms with Gasteiger partial charge in [-0.2, -0.15) is 10.2 Å². The Balaban J connectivity index is 1.07. The van der Waals surface area contributed by atoms with Crippen molar-refractivity contribution in [2.45, 2.75) is 115 Å². The molecule has 7 heteroatoms. The predicted molar refractivity (Wildman–Crippen MR) is 164 cm³/mol. The van der Waals surface area contributed by atoms with Crippen LogP contribution in [0, 0.1) is 28.6 Å². The van der Waals surface area contributed by atoms with Crippen LogP contribution >= 0.6 is 0 Å². The van der Waals surface area contributed by atoms with E-state index in [9.17, 15) is 5.11 Å². The number of aliphatic hydroxyl groups is 1. The van der Waals surface area contributed by atoms with Crippen LogP contribution in [0.2, 0.25) is 0 Å². The Morgan fingerprint density at radius 2 is 1.57 bits per heavy atom. The average Bonchev–Trinajstić information content (AvgIpc) is 3.76. The molecule has 6 aliphatic rings. The molecule has 3 heterocycles. The molecule has 0 radical (unpaired) electrons. The second-order valence-electron chi connectivity index (χ2n) is 15.5. The van der Waals surface area contributed by atoms with Gasteiger partial charge in [-0.25, -0.2) is 0 Å². The minimum atomic E-state index is -0.718. The van der Waals surface area contributed by atoms with Gasteiger partial charge >= 0.3 is 0 Å². The summed E-state index contributed by atoms with van der Waals surface area (Å²) in [4.78, 5) is 5.10. The molecule has 0 spiro atoms. The molecular weight excluding hydrogens is 524 g/mol. The van der Waals surface area contributed by atoms with Gasteiger partial charge in [0, 0.05) is 30.3 Å². The summed E-state index contributed by atoms with van der Waals surface area (Å²) >= 11 is 0. The number of rotatable bonds is 9. The Kier molecular flexibility index (Phi) is 8.22. The number of hydrogen-bond acceptors (Lipinski definition) is 7. The van der Waals surface area contributed by atoms with Crippen molar-refractivity contribution in [2.75, 3.05) is 52.5 Å². The first kappa shape index (κ1) is 29.6. The lowest BCUT2D eigenvalue weighted by molar-refractivity contribution is -0.249. The fourth-order valence-corrected chi connectivity index (χ4v) is 11.4. The van der Waals surface area contributed by atoms with Gasteiger partial charge in [0.05, 0.1) is 31.1 Å². The lowest BCUT2D eigenvalue weighted by Gasteiger charge is -2.64. The first-order valence-electron chi connectivity index (χ1n) is 17.6. The molecule has 8 atom stereocenters. The van der Waals surface area contributed by atoms with Crippen molar-refractivity contribution in [1.82, 2.24) is 20.0 Å². The van der Waals surface area contributed by atoms with Crippen molar-refractivity contribution in [3.63, 3.8) is 0 Å². The molecular formula is C35H56N4O3. The molecule has 1 aromatic rings. The molecule has 7 rings (SSSR count). The maximum Gasteiger partial charge on any atom is 0.103 e. The zero-order valence-electron chi connectivity index (χ0n) is 26.4. The summed E-state index contributed by atoms with van der Waals surface area (Å²) in [5, 5.41) is 21.4. The Labute approximate surface area is 254 Å². The molecule has 1 aromatic heterocycles. The maximum atomic E-state index is 13.0. The molecule has 0 unspecified atom stereocenters. The van der Waals surface area contributed by atoms with E-state index >= 15 is 0 Å². The van der Waals surface area contributed by atoms with Gasteiger partial charge in [0.2, 0.25) is 0 Å². The highest BCUT2D eigenvalue weighted by atomic mass is 16.5. The van der Waals surface area contributed by atoms with Crippen LogP contribution in [0.3, 0.4) is 0 Å². The summed E-state index contributed by atoms with van der Waals surface area (Å²) in [6.45, 7) is 13.5. The van der Waals surface area contributed by atoms with Gasteiger partial charge < -0.3 is 24.4 Å². The van der Waals surface area contributed by atoms with Crippen molar-refractivity contribution in [2.24, 2.45) is 28.6 Å². The smallest absolute Gasteiger partial charge is 0.103 e. The van der Waals surface area contributed by atoms with Gasteiger partial charge in [-0.1, -0.05) is 13.8 Å². The van der Waals surface area contributed by atoms with Crippen LogP contribution < -0.4 is 0 Å². The van der Waals surface area contributed by atoms with Crippen LogP contribution in [0.1, 0.15) is 103 Å². The third kappa shape index (κ3) is 4.79. The number of nitrogens with zero attached hydrogens (tertiary/aromatic N) is 4. The van der Waals surface area contributed by atoms with Crippen LogP contribution in [-0.2, 0) is 15.1 Å². The van der Waals surface area contributed by atoms with Crippen molar-refractivity contribution < 1.29 is 14.6 Å². The number of likely N-dealkylation sites (tertiary alicyclic amines) is 2. The summed E-state index contributed by atoms with van der Waals surface area (Å²) in [6.07, 6.45) is 19.3. The largest absolute Gasteiger partial charge is 0.389 e. The summed E-state index contributed by atoms with van der Waals surface area (Å²) in [6, 6.07) is 2.11. The quantitative estimate of drug-likeness (QED) is 0.418. The van der Waals surface area contributed by atoms with Gasteiger partial charge in [-0.15, -0.1) is 0 Å². The Morgan fingerprint density at radius 1 is 0.833 bits per heavy atom. The molecule has 4 saturated carbocycles. The topological polar surface area (TPSA) is 71.0 Å². The molecule has 0 amide bonds. The Morgan fingerprint density at radius 3 is 2.29 bits per heavy atom. The predicted octanol–water partition coefficient (Wildman–Crippen LogP) is 5.42. The molecule has 6 fully saturated rings. The lowest BCUT2D eigenvalue weighted by Crippen LogP contribution is -2.65. The van der Waals surface area contributed by atoms with Crippen molar-refractivity contribution >= 4 is 0 Å². The number of aromatic nitrogens is 2. The minimum Gasteiger partial charge on any atom is -0.389 e. The molecule has 2 saturated heterocycles. The normalized spacial score (nSPS) is 44.2. The van der Waals surface area contributed by atoms with E-state index in [2.05, 4.69) is 39.9 Å². The Hall–Kier alpha value is -1.12. The number of hydrogen-bond donors (Lipinski definition) is 1. The highest BCUT2D eigenvalue weighted by molar-refractivity contribution is 5.31. The standard InChI is InChI=1S/C35H56N4O3/c1-32-12-9-29(41-23-21-38-17-3-4-18-38)25-27(32)7-8-31-30(32)10-13-33(2)34(31,40)14-15-35(33,28-11-16-36-37-26-28)42-24-22-39-19-5-6-20-39/h11,16,26-27,29-31,40H,3-10,12-15,17-25H2,1-2H3/t27-,29+,30+,31-,32+,33+,34+,35-/m1/s1. The molecule has 2 aliphatic heterocycles. The molecule has 234 valence electrons. The fourth-order valence-electron chi connectivity index (χ4n) is 11.4. The van der Waals surface area contributed by atoms with E-state index in [-0.39, 0.29) is 5.41 Å². The van der Waals surface area contributed by atoms with Crippen LogP contribution in [0.25, 0.3) is 0 Å². The zero-order chi connectivity index (χ0) is 28.8. The van der Waals surface area contributed by atoms with E-state index in [0.717, 1.165) is 50.9 Å². The van der Waals surface area contributed by atoms with Crippen LogP contribution in [0.4, 0.5) is 0 Å². The molecule has 42 heavy (non-hydrogen) atoms. The third-order valence-electron chi connectivity index (χ3n) is 13.9. The van der Waals surface area contributed by atoms with Crippen molar-refractivity contribution in [3.05, 3.63) is 24.0 Å². The first-order chi connectivity index (χ1) is 20.4. The number of ether oxygens (including phenoxy) is 2. The van der Waals surface area contributed by atoms with E-state index in [1.165, 1.54) is 84.0 Å². The summed E-state index contributed by atoms with van der Waals surface area (Å²) in [7, 11) is 0. The van der Waals surface area contributed by atoms with Gasteiger partial charge in [0.15, 0.2) is 0 Å². The summed E-state index contributed by atoms with van der Waals surface area (Å²) in [5.74, 6) is 1.63. The first-order valence-corrected chi connectivity index (χ1v) is 17.6. The van der Waals surface area contributed by atoms with E-state index < -0.39 is 11.2 Å². The van der Waals surface area contributed by atoms with Crippen LogP contribution in [0.15, 0.2) is 18.5 Å². The van der Waals surface area contributed by atoms with Crippen molar-refractivity contribution in [3.8, 4) is 0 Å². The summed E-state index contributed by atoms with van der Waals surface area (Å²) in [5.41, 5.74) is -0.157. The van der Waals surface area contributed by atoms with Gasteiger partial charge in [0.1, 0.15) is 5.60 Å². The Bertz CT molecular complexity index is 1060. The number of fused-ring (bicyclic) bond motifs is 5. The molecule has 0 bridgehead atoms. The highest BCUT2D eigenvalue weighted by Crippen LogP contribution is 2.72. The minimum absolute atomic E-state index is 0.300. The monoisotopic (exact) mass is 580 g/mol. The van der Waals surface area contributed by atoms with E-state index in [1.54, 1.807) is 0 Å². The molecule has 7 nitrogen and oxygen atoms in total. The molecule has 0 aromatic carbocycles. The molecule has 4 aliphatic carbocycles. The van der Waals surface area contributed by atoms with Gasteiger partial charge in [-0.3, -0.25) is 0 Å². The van der Waals surface area contributed by atoms with Crippen LogP contribution in [0.5, 0.6) is 0 Å². The maximum absolute atomic E-state index is 13.0. The summed E-state index contributed by atoms with van der Waals surface area (Å²) < 4.78 is 13.6. The van der Waals surface area contributed by atoms with Crippen molar-refractivity contribution in [1.29, 1.82) is 0 Å². The SMILES string of the molecule is C[C@]12CC[C@H](OCCN3CCCC3)C[C@H]1CC[C@@H]1[C@@H]2CC[C@]2(C)[C@](OCCN3CCCC3)(c3ccnnc3)CC[C@]12O. The van der Waals surface area contributed by atoms with Gasteiger partial charge in [-0.05, 0) is 139 Å². The second-order valence-corrected chi connectivity index (χ2v) is 15.5. The van der Waals surface area contributed by atoms with Crippen LogP contribution in [-0.4, -0.2) is 89.3 Å². The van der Waals surface area contributed by atoms with Gasteiger partial charge in [0.25, 0.3) is 0 Å². The lowest BCUT2D eigenvalue weighted by atomic mass is 9.42. The van der Waals surface area contributed by atoms with E-state index in [0.29, 0.717) is 35.9 Å². The fraction of sp³-hybridized carbons (Fsp3) is 0.886. The zero-order valence-corrected chi connectivity index (χ0v) is 26.4. The average molecular weight is 581 g/mol. The second kappa shape index (κ2) is 11.7. The highest BCUT2D eigenvalue weighted by Gasteiger charge is 2.73. The van der Waals surface area contributed by atoms with E-state index in [4.69, 9.17) is 9.47 Å².